The van der Waals surface area contributed by atoms with Gasteiger partial charge in [0.25, 0.3) is 0 Å². The second-order valence-electron chi connectivity index (χ2n) is 5.19. The van der Waals surface area contributed by atoms with Crippen LogP contribution in [0.15, 0.2) is 12.1 Å². The maximum Gasteiger partial charge on any atom is 0.122 e. The third-order valence-corrected chi connectivity index (χ3v) is 2.92. The Hall–Kier alpha value is -1.02. The number of nitrogens with one attached hydrogen (secondary N) is 1. The summed E-state index contributed by atoms with van der Waals surface area (Å²) in [6, 6.07) is 5.32. The Morgan fingerprint density at radius 3 is 2.35 bits per heavy atom. The molecule has 0 saturated heterocycles. The summed E-state index contributed by atoms with van der Waals surface area (Å²) in [5, 5.41) is 3.53. The Bertz CT molecular complexity index is 371. The van der Waals surface area contributed by atoms with Crippen LogP contribution in [0.3, 0.4) is 0 Å². The molecule has 1 rings (SSSR count). The summed E-state index contributed by atoms with van der Waals surface area (Å²) in [4.78, 5) is 0. The van der Waals surface area contributed by atoms with Crippen LogP contribution in [0.2, 0.25) is 0 Å². The van der Waals surface area contributed by atoms with Crippen molar-refractivity contribution >= 4 is 0 Å². The number of aryl methyl sites for hydroxylation is 2. The zero-order valence-corrected chi connectivity index (χ0v) is 11.9. The van der Waals surface area contributed by atoms with Crippen molar-refractivity contribution < 1.29 is 4.74 Å². The molecule has 17 heavy (non-hydrogen) atoms. The third-order valence-electron chi connectivity index (χ3n) is 2.92. The molecule has 96 valence electrons. The lowest BCUT2D eigenvalue weighted by Gasteiger charge is -2.20. The van der Waals surface area contributed by atoms with Crippen molar-refractivity contribution in [2.75, 3.05) is 7.11 Å². The Kier molecular flexibility index (Phi) is 5.01. The highest BCUT2D eigenvalue weighted by molar-refractivity contribution is 5.43. The molecule has 2 nitrogen and oxygen atoms in total. The zero-order chi connectivity index (χ0) is 13.0. The first-order valence-corrected chi connectivity index (χ1v) is 6.34. The highest BCUT2D eigenvalue weighted by Crippen LogP contribution is 2.25. The van der Waals surface area contributed by atoms with Gasteiger partial charge in [-0.25, -0.2) is 0 Å². The number of hydrogen-bond donors (Lipinski definition) is 1. The highest BCUT2D eigenvalue weighted by atomic mass is 16.5. The van der Waals surface area contributed by atoms with Gasteiger partial charge in [0, 0.05) is 12.1 Å². The summed E-state index contributed by atoms with van der Waals surface area (Å²) in [7, 11) is 1.75. The van der Waals surface area contributed by atoms with Crippen LogP contribution in [0.1, 0.15) is 37.5 Å². The average Bonchev–Trinajstić information content (AvgIpc) is 2.20. The number of benzene rings is 1. The molecule has 1 aromatic rings. The molecule has 2 heteroatoms. The van der Waals surface area contributed by atoms with Crippen molar-refractivity contribution in [3.63, 3.8) is 0 Å². The lowest BCUT2D eigenvalue weighted by atomic mass is 9.98. The molecule has 0 aliphatic carbocycles. The van der Waals surface area contributed by atoms with Crippen molar-refractivity contribution in [3.05, 3.63) is 28.8 Å². The number of methoxy groups -OCH3 is 1. The average molecular weight is 235 g/mol. The minimum absolute atomic E-state index is 0.463. The van der Waals surface area contributed by atoms with Crippen LogP contribution in [-0.2, 0) is 6.42 Å². The first kappa shape index (κ1) is 14.0. The van der Waals surface area contributed by atoms with E-state index in [1.807, 2.05) is 0 Å². The molecule has 1 aromatic carbocycles. The largest absolute Gasteiger partial charge is 0.496 e. The smallest absolute Gasteiger partial charge is 0.122 e. The third kappa shape index (κ3) is 4.04. The fourth-order valence-electron chi connectivity index (χ4n) is 2.34. The SMILES string of the molecule is COc1cc(C)cc(C)c1CC(C)NC(C)C. The molecule has 0 fully saturated rings. The van der Waals surface area contributed by atoms with Crippen LogP contribution < -0.4 is 10.1 Å². The maximum atomic E-state index is 5.49. The van der Waals surface area contributed by atoms with Crippen molar-refractivity contribution in [2.45, 2.75) is 53.1 Å². The minimum Gasteiger partial charge on any atom is -0.496 e. The van der Waals surface area contributed by atoms with Gasteiger partial charge in [-0.05, 0) is 49.9 Å². The van der Waals surface area contributed by atoms with E-state index in [9.17, 15) is 0 Å². The van der Waals surface area contributed by atoms with E-state index in [4.69, 9.17) is 4.74 Å². The fraction of sp³-hybridized carbons (Fsp3) is 0.600. The Labute approximate surface area is 105 Å². The summed E-state index contributed by atoms with van der Waals surface area (Å²) in [5.74, 6) is 1.01. The Balaban J connectivity index is 2.89. The first-order valence-electron chi connectivity index (χ1n) is 6.34. The predicted octanol–water partition coefficient (Wildman–Crippen LogP) is 3.24. The molecule has 1 unspecified atom stereocenters. The molecule has 1 atom stereocenters. The van der Waals surface area contributed by atoms with Gasteiger partial charge in [0.05, 0.1) is 7.11 Å². The van der Waals surface area contributed by atoms with Gasteiger partial charge in [0.15, 0.2) is 0 Å². The first-order chi connectivity index (χ1) is 7.93. The van der Waals surface area contributed by atoms with Crippen LogP contribution in [0, 0.1) is 13.8 Å². The number of ether oxygens (including phenoxy) is 1. The van der Waals surface area contributed by atoms with Crippen molar-refractivity contribution in [3.8, 4) is 5.75 Å². The summed E-state index contributed by atoms with van der Waals surface area (Å²) < 4.78 is 5.49. The molecule has 0 radical (unpaired) electrons. The molecule has 1 N–H and O–H groups in total. The quantitative estimate of drug-likeness (QED) is 0.846. The normalized spacial score (nSPS) is 12.9. The van der Waals surface area contributed by atoms with Crippen LogP contribution >= 0.6 is 0 Å². The molecular weight excluding hydrogens is 210 g/mol. The monoisotopic (exact) mass is 235 g/mol. The van der Waals surface area contributed by atoms with Gasteiger partial charge in [0.2, 0.25) is 0 Å². The molecule has 0 aliphatic rings. The minimum atomic E-state index is 0.463. The van der Waals surface area contributed by atoms with E-state index in [1.54, 1.807) is 7.11 Å². The van der Waals surface area contributed by atoms with E-state index in [1.165, 1.54) is 16.7 Å². The molecule has 0 spiro atoms. The van der Waals surface area contributed by atoms with E-state index >= 15 is 0 Å². The molecule has 0 saturated carbocycles. The number of hydrogen-bond acceptors (Lipinski definition) is 2. The zero-order valence-electron chi connectivity index (χ0n) is 11.9. The van der Waals surface area contributed by atoms with Crippen molar-refractivity contribution in [2.24, 2.45) is 0 Å². The van der Waals surface area contributed by atoms with Crippen LogP contribution in [-0.4, -0.2) is 19.2 Å². The van der Waals surface area contributed by atoms with Gasteiger partial charge in [-0.3, -0.25) is 0 Å². The lowest BCUT2D eigenvalue weighted by molar-refractivity contribution is 0.403. The lowest BCUT2D eigenvalue weighted by Crippen LogP contribution is -2.34. The summed E-state index contributed by atoms with van der Waals surface area (Å²) in [5.41, 5.74) is 3.89. The molecule has 0 aliphatic heterocycles. The Morgan fingerprint density at radius 1 is 1.18 bits per heavy atom. The summed E-state index contributed by atoms with van der Waals surface area (Å²) in [6.45, 7) is 10.8. The molecule has 0 aromatic heterocycles. The van der Waals surface area contributed by atoms with Gasteiger partial charge in [-0.15, -0.1) is 0 Å². The Morgan fingerprint density at radius 2 is 1.82 bits per heavy atom. The molecule has 0 bridgehead atoms. The summed E-state index contributed by atoms with van der Waals surface area (Å²) >= 11 is 0. The molecule has 0 heterocycles. The van der Waals surface area contributed by atoms with Gasteiger partial charge in [-0.1, -0.05) is 19.9 Å². The van der Waals surface area contributed by atoms with E-state index in [2.05, 4.69) is 52.1 Å². The second-order valence-corrected chi connectivity index (χ2v) is 5.19. The van der Waals surface area contributed by atoms with Crippen LogP contribution in [0.25, 0.3) is 0 Å². The predicted molar refractivity (Wildman–Crippen MR) is 73.9 cm³/mol. The highest BCUT2D eigenvalue weighted by Gasteiger charge is 2.12. The van der Waals surface area contributed by atoms with Gasteiger partial charge >= 0.3 is 0 Å². The fourth-order valence-corrected chi connectivity index (χ4v) is 2.34. The second kappa shape index (κ2) is 6.06. The summed E-state index contributed by atoms with van der Waals surface area (Å²) in [6.07, 6.45) is 1.01. The van der Waals surface area contributed by atoms with Crippen molar-refractivity contribution in [1.82, 2.24) is 5.32 Å². The topological polar surface area (TPSA) is 21.3 Å². The van der Waals surface area contributed by atoms with E-state index in [0.717, 1.165) is 12.2 Å². The van der Waals surface area contributed by atoms with Gasteiger partial charge in [-0.2, -0.15) is 0 Å². The molecule has 0 amide bonds. The van der Waals surface area contributed by atoms with E-state index in [0.29, 0.717) is 12.1 Å². The number of rotatable bonds is 5. The van der Waals surface area contributed by atoms with Gasteiger partial charge in [0.1, 0.15) is 5.75 Å². The maximum absolute atomic E-state index is 5.49. The van der Waals surface area contributed by atoms with E-state index in [-0.39, 0.29) is 0 Å². The van der Waals surface area contributed by atoms with E-state index < -0.39 is 0 Å². The standard InChI is InChI=1S/C15H25NO/c1-10(2)16-13(5)9-14-12(4)7-11(3)8-15(14)17-6/h7-8,10,13,16H,9H2,1-6H3. The van der Waals surface area contributed by atoms with Crippen LogP contribution in [0.4, 0.5) is 0 Å². The van der Waals surface area contributed by atoms with Crippen LogP contribution in [0.5, 0.6) is 5.75 Å². The van der Waals surface area contributed by atoms with Crippen molar-refractivity contribution in [1.29, 1.82) is 0 Å². The van der Waals surface area contributed by atoms with Gasteiger partial charge < -0.3 is 10.1 Å². The molecular formula is C15H25NO.